The molecule has 33 heavy (non-hydrogen) atoms. The lowest BCUT2D eigenvalue weighted by atomic mass is 10.1. The monoisotopic (exact) mass is 477 g/mol. The van der Waals surface area contributed by atoms with Gasteiger partial charge in [0.05, 0.1) is 17.5 Å². The number of rotatable bonds is 3. The number of amidine groups is 3. The molecule has 3 aromatic rings. The number of carbonyl (C=O) groups is 1. The SMILES string of the molecule is Cc1ccc(Cn2cc(/C=C3/C(=N)N4C(=NC3=O)SN=C4S(C)(=O)=O)c3ccccc32)cc1. The van der Waals surface area contributed by atoms with Gasteiger partial charge in [-0.25, -0.2) is 13.3 Å². The number of aromatic nitrogens is 1. The lowest BCUT2D eigenvalue weighted by Gasteiger charge is -2.23. The Morgan fingerprint density at radius 3 is 2.58 bits per heavy atom. The Morgan fingerprint density at radius 1 is 1.12 bits per heavy atom. The molecule has 0 unspecified atom stereocenters. The number of hydrogen-bond donors (Lipinski definition) is 1. The van der Waals surface area contributed by atoms with Gasteiger partial charge in [-0.1, -0.05) is 48.0 Å². The Hall–Kier alpha value is -3.50. The zero-order valence-electron chi connectivity index (χ0n) is 17.8. The molecule has 0 spiro atoms. The van der Waals surface area contributed by atoms with Crippen LogP contribution in [0.3, 0.4) is 0 Å². The first kappa shape index (κ1) is 21.4. The van der Waals surface area contributed by atoms with E-state index in [0.29, 0.717) is 6.54 Å². The molecule has 0 aliphatic carbocycles. The molecule has 0 saturated heterocycles. The first-order chi connectivity index (χ1) is 15.7. The van der Waals surface area contributed by atoms with Crippen LogP contribution in [0, 0.1) is 12.3 Å². The quantitative estimate of drug-likeness (QED) is 0.458. The fraction of sp³-hybridized carbons (Fsp3) is 0.130. The first-order valence-electron chi connectivity index (χ1n) is 10.0. The second-order valence-electron chi connectivity index (χ2n) is 7.89. The molecule has 0 saturated carbocycles. The molecule has 3 heterocycles. The number of aryl methyl sites for hydroxylation is 1. The van der Waals surface area contributed by atoms with Crippen LogP contribution < -0.4 is 0 Å². The van der Waals surface area contributed by atoms with Gasteiger partial charge in [-0.3, -0.25) is 10.2 Å². The number of nitrogens with zero attached hydrogens (tertiary/aromatic N) is 4. The van der Waals surface area contributed by atoms with E-state index in [4.69, 9.17) is 5.41 Å². The fourth-order valence-corrected chi connectivity index (χ4v) is 5.65. The summed E-state index contributed by atoms with van der Waals surface area (Å²) in [5.74, 6) is -0.853. The molecule has 10 heteroatoms. The summed E-state index contributed by atoms with van der Waals surface area (Å²) >= 11 is 0.778. The summed E-state index contributed by atoms with van der Waals surface area (Å²) < 4.78 is 30.2. The maximum Gasteiger partial charge on any atom is 0.283 e. The van der Waals surface area contributed by atoms with Crippen molar-refractivity contribution in [2.24, 2.45) is 9.39 Å². The van der Waals surface area contributed by atoms with E-state index in [1.165, 1.54) is 5.56 Å². The average Bonchev–Trinajstić information content (AvgIpc) is 3.35. The maximum atomic E-state index is 12.7. The summed E-state index contributed by atoms with van der Waals surface area (Å²) in [6.45, 7) is 2.69. The molecule has 0 bridgehead atoms. The lowest BCUT2D eigenvalue weighted by Crippen LogP contribution is -2.45. The molecule has 0 radical (unpaired) electrons. The van der Waals surface area contributed by atoms with E-state index in [0.717, 1.165) is 45.1 Å². The smallest absolute Gasteiger partial charge is 0.283 e. The Morgan fingerprint density at radius 2 is 1.85 bits per heavy atom. The number of carbonyl (C=O) groups excluding carboxylic acids is 1. The molecular weight excluding hydrogens is 458 g/mol. The van der Waals surface area contributed by atoms with Crippen LogP contribution in [-0.2, 0) is 21.2 Å². The number of amides is 1. The number of benzene rings is 2. The van der Waals surface area contributed by atoms with Crippen LogP contribution >= 0.6 is 11.9 Å². The van der Waals surface area contributed by atoms with Crippen LogP contribution in [0.2, 0.25) is 0 Å². The third-order valence-electron chi connectivity index (χ3n) is 5.42. The number of hydrogen-bond acceptors (Lipinski definition) is 6. The molecule has 0 atom stereocenters. The zero-order valence-corrected chi connectivity index (χ0v) is 19.4. The van der Waals surface area contributed by atoms with Gasteiger partial charge >= 0.3 is 0 Å². The molecular formula is C23H19N5O3S2. The van der Waals surface area contributed by atoms with E-state index in [-0.39, 0.29) is 21.7 Å². The van der Waals surface area contributed by atoms with Crippen molar-refractivity contribution in [1.29, 1.82) is 5.41 Å². The minimum atomic E-state index is -3.70. The third-order valence-corrected chi connectivity index (χ3v) is 7.17. The van der Waals surface area contributed by atoms with Crippen molar-refractivity contribution in [3.63, 3.8) is 0 Å². The molecule has 2 aromatic carbocycles. The molecule has 0 fully saturated rings. The minimum absolute atomic E-state index is 0.0100. The van der Waals surface area contributed by atoms with Crippen LogP contribution in [0.25, 0.3) is 17.0 Å². The zero-order chi connectivity index (χ0) is 23.3. The summed E-state index contributed by atoms with van der Waals surface area (Å²) in [5, 5.41) is 9.26. The van der Waals surface area contributed by atoms with Gasteiger partial charge in [-0.2, -0.15) is 9.39 Å². The number of para-hydroxylation sites is 1. The van der Waals surface area contributed by atoms with Crippen LogP contribution in [0.15, 0.2) is 69.7 Å². The largest absolute Gasteiger partial charge is 0.342 e. The standard InChI is InChI=1S/C23H19N5O3S2/c1-14-7-9-15(10-8-14)12-27-13-16(17-5-3-4-6-19(17)27)11-18-20(24)28-22(25-21(18)29)32-26-23(28)33(2,30)31/h3-11,13,24H,12H2,1-2H3/b18-11-,24-20?. The number of fused-ring (bicyclic) bond motifs is 2. The van der Waals surface area contributed by atoms with Gasteiger partial charge in [0.1, 0.15) is 5.84 Å². The molecule has 2 aliphatic heterocycles. The minimum Gasteiger partial charge on any atom is -0.342 e. The van der Waals surface area contributed by atoms with Crippen molar-refractivity contribution in [1.82, 2.24) is 9.47 Å². The summed E-state index contributed by atoms with van der Waals surface area (Å²) in [6, 6.07) is 16.1. The molecule has 166 valence electrons. The summed E-state index contributed by atoms with van der Waals surface area (Å²) in [7, 11) is -3.70. The Kier molecular flexibility index (Phi) is 5.06. The van der Waals surface area contributed by atoms with Crippen LogP contribution in [-0.4, -0.2) is 46.2 Å². The summed E-state index contributed by atoms with van der Waals surface area (Å²) in [5.41, 5.74) is 4.07. The maximum absolute atomic E-state index is 12.7. The topological polar surface area (TPSA) is 108 Å². The van der Waals surface area contributed by atoms with E-state index in [2.05, 4.69) is 38.2 Å². The van der Waals surface area contributed by atoms with Crippen LogP contribution in [0.4, 0.5) is 0 Å². The third kappa shape index (κ3) is 3.81. The van der Waals surface area contributed by atoms with Crippen molar-refractivity contribution in [2.45, 2.75) is 13.5 Å². The first-order valence-corrected chi connectivity index (χ1v) is 12.7. The lowest BCUT2D eigenvalue weighted by molar-refractivity contribution is -0.114. The van der Waals surface area contributed by atoms with Gasteiger partial charge < -0.3 is 4.57 Å². The summed E-state index contributed by atoms with van der Waals surface area (Å²) in [4.78, 5) is 17.8. The average molecular weight is 478 g/mol. The number of aliphatic imine (C=N–C) groups is 1. The summed E-state index contributed by atoms with van der Waals surface area (Å²) in [6.07, 6.45) is 4.55. The predicted octanol–water partition coefficient (Wildman–Crippen LogP) is 3.62. The second-order valence-corrected chi connectivity index (χ2v) is 10.5. The highest BCUT2D eigenvalue weighted by atomic mass is 32.2. The van der Waals surface area contributed by atoms with E-state index >= 15 is 0 Å². The second kappa shape index (κ2) is 7.82. The molecule has 1 amide bonds. The highest BCUT2D eigenvalue weighted by molar-refractivity contribution is 8.16. The van der Waals surface area contributed by atoms with Crippen molar-refractivity contribution in [3.8, 4) is 0 Å². The van der Waals surface area contributed by atoms with Crippen molar-refractivity contribution < 1.29 is 13.2 Å². The Labute approximate surface area is 194 Å². The van der Waals surface area contributed by atoms with Gasteiger partial charge in [-0.05, 0) is 24.6 Å². The molecule has 1 aromatic heterocycles. The highest BCUT2D eigenvalue weighted by Crippen LogP contribution is 2.31. The Balaban J connectivity index is 1.58. The van der Waals surface area contributed by atoms with Gasteiger partial charge in [0, 0.05) is 35.5 Å². The highest BCUT2D eigenvalue weighted by Gasteiger charge is 2.41. The van der Waals surface area contributed by atoms with E-state index in [1.807, 2.05) is 37.4 Å². The fourth-order valence-electron chi connectivity index (χ4n) is 3.80. The number of nitrogens with one attached hydrogen (secondary N) is 1. The van der Waals surface area contributed by atoms with E-state index < -0.39 is 15.7 Å². The van der Waals surface area contributed by atoms with Gasteiger partial charge in [0.15, 0.2) is 0 Å². The molecule has 2 aliphatic rings. The predicted molar refractivity (Wildman–Crippen MR) is 132 cm³/mol. The van der Waals surface area contributed by atoms with Gasteiger partial charge in [0.2, 0.25) is 20.2 Å². The van der Waals surface area contributed by atoms with Gasteiger partial charge in [0.25, 0.3) is 5.91 Å². The van der Waals surface area contributed by atoms with E-state index in [1.54, 1.807) is 6.08 Å². The van der Waals surface area contributed by atoms with Crippen molar-refractivity contribution in [2.75, 3.05) is 6.26 Å². The molecule has 1 N–H and O–H groups in total. The van der Waals surface area contributed by atoms with Crippen molar-refractivity contribution >= 4 is 60.8 Å². The molecule has 8 nitrogen and oxygen atoms in total. The van der Waals surface area contributed by atoms with Gasteiger partial charge in [-0.15, -0.1) is 0 Å². The number of sulfone groups is 1. The van der Waals surface area contributed by atoms with E-state index in [9.17, 15) is 13.2 Å². The molecule has 5 rings (SSSR count). The Bertz CT molecular complexity index is 1530. The van der Waals surface area contributed by atoms with Crippen LogP contribution in [0.5, 0.6) is 0 Å². The normalized spacial score (nSPS) is 17.5. The van der Waals surface area contributed by atoms with Crippen LogP contribution in [0.1, 0.15) is 16.7 Å². The van der Waals surface area contributed by atoms with Crippen molar-refractivity contribution in [3.05, 3.63) is 77.0 Å².